The van der Waals surface area contributed by atoms with Gasteiger partial charge in [0.1, 0.15) is 5.75 Å². The largest absolute Gasteiger partial charge is 0.496 e. The Balaban J connectivity index is 2.18. The Labute approximate surface area is 127 Å². The van der Waals surface area contributed by atoms with Gasteiger partial charge in [-0.3, -0.25) is 0 Å². The standard InChI is InChI=1S/C17H28N2O2/c1-12-9-13(6-7-16(12)21-3)15(11-18-2)17(20)14-5-4-8-19-10-14/h6-7,9,14-15,17-20H,4-5,8,10-11H2,1-3H3/t14?,15-,17-/m1/s1. The van der Waals surface area contributed by atoms with Crippen molar-refractivity contribution in [3.05, 3.63) is 29.3 Å². The van der Waals surface area contributed by atoms with Crippen molar-refractivity contribution in [3.8, 4) is 5.75 Å². The van der Waals surface area contributed by atoms with Crippen molar-refractivity contribution in [2.45, 2.75) is 31.8 Å². The molecule has 0 amide bonds. The number of aliphatic hydroxyl groups is 1. The Morgan fingerprint density at radius 2 is 2.29 bits per heavy atom. The van der Waals surface area contributed by atoms with Crippen LogP contribution in [0.2, 0.25) is 0 Å². The number of hydrogen-bond acceptors (Lipinski definition) is 4. The van der Waals surface area contributed by atoms with Gasteiger partial charge in [-0.2, -0.15) is 0 Å². The van der Waals surface area contributed by atoms with Gasteiger partial charge in [0, 0.05) is 19.0 Å². The van der Waals surface area contributed by atoms with Gasteiger partial charge in [-0.1, -0.05) is 12.1 Å². The van der Waals surface area contributed by atoms with Crippen LogP contribution in [0.1, 0.15) is 29.9 Å². The maximum Gasteiger partial charge on any atom is 0.121 e. The minimum atomic E-state index is -0.321. The van der Waals surface area contributed by atoms with E-state index in [4.69, 9.17) is 4.74 Å². The third kappa shape index (κ3) is 3.96. The summed E-state index contributed by atoms with van der Waals surface area (Å²) in [5.74, 6) is 1.35. The van der Waals surface area contributed by atoms with Crippen molar-refractivity contribution in [1.82, 2.24) is 10.6 Å². The van der Waals surface area contributed by atoms with E-state index in [2.05, 4.69) is 22.8 Å². The monoisotopic (exact) mass is 292 g/mol. The predicted octanol–water partition coefficient (Wildman–Crippen LogP) is 1.67. The predicted molar refractivity (Wildman–Crippen MR) is 86.0 cm³/mol. The normalized spacial score (nSPS) is 21.8. The van der Waals surface area contributed by atoms with Gasteiger partial charge in [0.15, 0.2) is 0 Å². The van der Waals surface area contributed by atoms with E-state index in [-0.39, 0.29) is 12.0 Å². The van der Waals surface area contributed by atoms with Crippen LogP contribution in [0, 0.1) is 12.8 Å². The molecule has 1 saturated heterocycles. The summed E-state index contributed by atoms with van der Waals surface area (Å²) in [4.78, 5) is 0. The van der Waals surface area contributed by atoms with Crippen LogP contribution in [-0.4, -0.2) is 45.0 Å². The molecule has 1 fully saturated rings. The maximum atomic E-state index is 10.8. The molecule has 0 spiro atoms. The minimum Gasteiger partial charge on any atom is -0.496 e. The smallest absolute Gasteiger partial charge is 0.121 e. The summed E-state index contributed by atoms with van der Waals surface area (Å²) in [6.07, 6.45) is 1.93. The zero-order valence-electron chi connectivity index (χ0n) is 13.4. The van der Waals surface area contributed by atoms with Crippen LogP contribution in [0.3, 0.4) is 0 Å². The molecule has 1 aromatic rings. The molecule has 3 atom stereocenters. The number of aliphatic hydroxyl groups excluding tert-OH is 1. The van der Waals surface area contributed by atoms with Crippen LogP contribution in [0.5, 0.6) is 5.75 Å². The molecule has 0 radical (unpaired) electrons. The molecule has 4 heteroatoms. The third-order valence-corrected chi connectivity index (χ3v) is 4.50. The Morgan fingerprint density at radius 3 is 2.86 bits per heavy atom. The lowest BCUT2D eigenvalue weighted by molar-refractivity contribution is 0.0669. The first-order valence-electron chi connectivity index (χ1n) is 7.85. The zero-order chi connectivity index (χ0) is 15.2. The number of nitrogens with one attached hydrogen (secondary N) is 2. The molecule has 0 saturated carbocycles. The first-order valence-corrected chi connectivity index (χ1v) is 7.85. The first-order chi connectivity index (χ1) is 10.2. The highest BCUT2D eigenvalue weighted by atomic mass is 16.5. The molecule has 118 valence electrons. The molecule has 0 aliphatic carbocycles. The summed E-state index contributed by atoms with van der Waals surface area (Å²) in [7, 11) is 3.63. The number of rotatable bonds is 6. The number of methoxy groups -OCH3 is 1. The van der Waals surface area contributed by atoms with E-state index in [1.54, 1.807) is 7.11 Å². The highest BCUT2D eigenvalue weighted by molar-refractivity contribution is 5.38. The zero-order valence-corrected chi connectivity index (χ0v) is 13.4. The van der Waals surface area contributed by atoms with Crippen molar-refractivity contribution < 1.29 is 9.84 Å². The second kappa shape index (κ2) is 7.78. The molecule has 1 aliphatic heterocycles. The van der Waals surface area contributed by atoms with E-state index in [1.807, 2.05) is 20.0 Å². The molecule has 21 heavy (non-hydrogen) atoms. The summed E-state index contributed by atoms with van der Waals surface area (Å²) >= 11 is 0. The van der Waals surface area contributed by atoms with Crippen molar-refractivity contribution in [1.29, 1.82) is 0 Å². The first kappa shape index (κ1) is 16.3. The highest BCUT2D eigenvalue weighted by Crippen LogP contribution is 2.30. The molecule has 4 nitrogen and oxygen atoms in total. The fourth-order valence-corrected chi connectivity index (χ4v) is 3.29. The second-order valence-electron chi connectivity index (χ2n) is 5.99. The quantitative estimate of drug-likeness (QED) is 0.746. The van der Waals surface area contributed by atoms with E-state index >= 15 is 0 Å². The van der Waals surface area contributed by atoms with Crippen molar-refractivity contribution in [2.24, 2.45) is 5.92 Å². The van der Waals surface area contributed by atoms with Gasteiger partial charge in [-0.05, 0) is 56.5 Å². The number of benzene rings is 1. The Hall–Kier alpha value is -1.10. The summed E-state index contributed by atoms with van der Waals surface area (Å²) in [6, 6.07) is 6.22. The Morgan fingerprint density at radius 1 is 1.48 bits per heavy atom. The fourth-order valence-electron chi connectivity index (χ4n) is 3.29. The number of ether oxygens (including phenoxy) is 1. The second-order valence-corrected chi connectivity index (χ2v) is 5.99. The van der Waals surface area contributed by atoms with Crippen LogP contribution in [0.15, 0.2) is 18.2 Å². The molecule has 0 aromatic heterocycles. The minimum absolute atomic E-state index is 0.115. The summed E-state index contributed by atoms with van der Waals surface area (Å²) < 4.78 is 5.33. The van der Waals surface area contributed by atoms with E-state index in [9.17, 15) is 5.11 Å². The molecule has 1 unspecified atom stereocenters. The Kier molecular flexibility index (Phi) is 6.03. The topological polar surface area (TPSA) is 53.5 Å². The van der Waals surface area contributed by atoms with Crippen molar-refractivity contribution >= 4 is 0 Å². The molecule has 3 N–H and O–H groups in total. The average molecular weight is 292 g/mol. The number of piperidine rings is 1. The van der Waals surface area contributed by atoms with Crippen LogP contribution in [0.25, 0.3) is 0 Å². The third-order valence-electron chi connectivity index (χ3n) is 4.50. The lowest BCUT2D eigenvalue weighted by Crippen LogP contribution is -2.41. The summed E-state index contributed by atoms with van der Waals surface area (Å²) in [5, 5.41) is 17.4. The van der Waals surface area contributed by atoms with Crippen molar-refractivity contribution in [3.63, 3.8) is 0 Å². The Bertz CT molecular complexity index is 444. The van der Waals surface area contributed by atoms with E-state index in [1.165, 1.54) is 5.56 Å². The molecule has 1 aliphatic rings. The van der Waals surface area contributed by atoms with Gasteiger partial charge in [-0.25, -0.2) is 0 Å². The molecule has 1 heterocycles. The number of aryl methyl sites for hydroxylation is 1. The van der Waals surface area contributed by atoms with Crippen molar-refractivity contribution in [2.75, 3.05) is 33.8 Å². The van der Waals surface area contributed by atoms with Crippen LogP contribution in [0.4, 0.5) is 0 Å². The fraction of sp³-hybridized carbons (Fsp3) is 0.647. The molecular weight excluding hydrogens is 264 g/mol. The van der Waals surface area contributed by atoms with Gasteiger partial charge < -0.3 is 20.5 Å². The van der Waals surface area contributed by atoms with E-state index < -0.39 is 0 Å². The average Bonchev–Trinajstić information content (AvgIpc) is 2.52. The summed E-state index contributed by atoms with van der Waals surface area (Å²) in [6.45, 7) is 4.81. The highest BCUT2D eigenvalue weighted by Gasteiger charge is 2.29. The summed E-state index contributed by atoms with van der Waals surface area (Å²) in [5.41, 5.74) is 2.30. The van der Waals surface area contributed by atoms with Gasteiger partial charge >= 0.3 is 0 Å². The lowest BCUT2D eigenvalue weighted by atomic mass is 9.82. The van der Waals surface area contributed by atoms with Crippen LogP contribution >= 0.6 is 0 Å². The van der Waals surface area contributed by atoms with Gasteiger partial charge in [0.05, 0.1) is 13.2 Å². The van der Waals surface area contributed by atoms with Crippen LogP contribution < -0.4 is 15.4 Å². The number of likely N-dealkylation sites (N-methyl/N-ethyl adjacent to an activating group) is 1. The van der Waals surface area contributed by atoms with Gasteiger partial charge in [-0.15, -0.1) is 0 Å². The van der Waals surface area contributed by atoms with Gasteiger partial charge in [0.25, 0.3) is 0 Å². The van der Waals surface area contributed by atoms with E-state index in [0.29, 0.717) is 5.92 Å². The SMILES string of the molecule is CNC[C@H](c1ccc(OC)c(C)c1)[C@H](O)C1CCCNC1. The van der Waals surface area contributed by atoms with Crippen LogP contribution in [-0.2, 0) is 0 Å². The number of hydrogen-bond donors (Lipinski definition) is 3. The molecular formula is C17H28N2O2. The van der Waals surface area contributed by atoms with Gasteiger partial charge in [0.2, 0.25) is 0 Å². The van der Waals surface area contributed by atoms with E-state index in [0.717, 1.165) is 43.8 Å². The molecule has 1 aromatic carbocycles. The molecule has 2 rings (SSSR count). The lowest BCUT2D eigenvalue weighted by Gasteiger charge is -2.33. The molecule has 0 bridgehead atoms. The maximum absolute atomic E-state index is 10.8.